The summed E-state index contributed by atoms with van der Waals surface area (Å²) >= 11 is 0. The number of anilines is 2. The van der Waals surface area contributed by atoms with E-state index in [0.29, 0.717) is 0 Å². The van der Waals surface area contributed by atoms with Crippen LogP contribution in [-0.4, -0.2) is 42.2 Å². The van der Waals surface area contributed by atoms with Gasteiger partial charge in [0.15, 0.2) is 17.3 Å². The fourth-order valence-electron chi connectivity index (χ4n) is 4.03. The molecule has 0 bridgehead atoms. The summed E-state index contributed by atoms with van der Waals surface area (Å²) in [5.41, 5.74) is -0.655. The maximum absolute atomic E-state index is 14.4. The summed E-state index contributed by atoms with van der Waals surface area (Å²) in [6, 6.07) is 3.36. The van der Waals surface area contributed by atoms with Crippen molar-refractivity contribution >= 4 is 17.6 Å². The van der Waals surface area contributed by atoms with Crippen molar-refractivity contribution in [2.45, 2.75) is 63.1 Å². The van der Waals surface area contributed by atoms with Gasteiger partial charge in [0, 0.05) is 37.7 Å². The lowest BCUT2D eigenvalue weighted by Crippen LogP contribution is -2.39. The minimum atomic E-state index is -4.70. The first-order valence-corrected chi connectivity index (χ1v) is 11.0. The monoisotopic (exact) mass is 491 g/mol. The van der Waals surface area contributed by atoms with Crippen molar-refractivity contribution < 1.29 is 40.3 Å². The molecule has 1 aromatic heterocycles. The molecule has 1 aliphatic heterocycles. The number of alkyl halides is 5. The topological polar surface area (TPSA) is 67.6 Å². The molecular formula is C22H23F6N3O3. The van der Waals surface area contributed by atoms with Gasteiger partial charge < -0.3 is 19.4 Å². The van der Waals surface area contributed by atoms with Gasteiger partial charge in [0.1, 0.15) is 12.2 Å². The molecule has 0 spiro atoms. The van der Waals surface area contributed by atoms with E-state index in [0.717, 1.165) is 31.7 Å². The number of hydrogen-bond donors (Lipinski definition) is 1. The van der Waals surface area contributed by atoms with Crippen LogP contribution in [0.5, 0.6) is 5.75 Å². The van der Waals surface area contributed by atoms with E-state index in [4.69, 9.17) is 9.15 Å². The number of halogens is 6. The van der Waals surface area contributed by atoms with E-state index in [9.17, 15) is 31.1 Å². The fraction of sp³-hybridized carbons (Fsp3) is 0.545. The van der Waals surface area contributed by atoms with Gasteiger partial charge in [0.05, 0.1) is 6.10 Å². The Morgan fingerprint density at radius 2 is 1.88 bits per heavy atom. The van der Waals surface area contributed by atoms with Gasteiger partial charge in [-0.25, -0.2) is 13.2 Å². The van der Waals surface area contributed by atoms with Crippen LogP contribution in [0.15, 0.2) is 22.6 Å². The Hall–Kier alpha value is -2.92. The summed E-state index contributed by atoms with van der Waals surface area (Å²) in [5, 5.41) is 2.31. The van der Waals surface area contributed by atoms with E-state index in [1.54, 1.807) is 0 Å². The van der Waals surface area contributed by atoms with Gasteiger partial charge in [0.2, 0.25) is 0 Å². The number of oxazole rings is 1. The second-order valence-corrected chi connectivity index (χ2v) is 8.53. The molecular weight excluding hydrogens is 468 g/mol. The van der Waals surface area contributed by atoms with Crippen LogP contribution in [-0.2, 0) is 6.42 Å². The van der Waals surface area contributed by atoms with Crippen LogP contribution in [0.2, 0.25) is 0 Å². The molecule has 4 rings (SSSR count). The SMILES string of the molecule is O=C(Nc1ccc(OC2CCCC2)c(F)c1)c1nc(N2CCC(F)(F)CC2)oc1CC(F)(F)F. The number of hydrogen-bond acceptors (Lipinski definition) is 5. The van der Waals surface area contributed by atoms with Gasteiger partial charge in [-0.3, -0.25) is 4.79 Å². The highest BCUT2D eigenvalue weighted by molar-refractivity contribution is 6.03. The third-order valence-electron chi connectivity index (χ3n) is 5.81. The Morgan fingerprint density at radius 1 is 1.21 bits per heavy atom. The third-order valence-corrected chi connectivity index (χ3v) is 5.81. The molecule has 2 aromatic rings. The van der Waals surface area contributed by atoms with E-state index in [2.05, 4.69) is 10.3 Å². The van der Waals surface area contributed by atoms with Crippen LogP contribution < -0.4 is 15.0 Å². The minimum absolute atomic E-state index is 0.0126. The van der Waals surface area contributed by atoms with E-state index >= 15 is 0 Å². The van der Waals surface area contributed by atoms with Gasteiger partial charge in [-0.05, 0) is 37.8 Å². The first-order valence-electron chi connectivity index (χ1n) is 11.0. The standard InChI is InChI=1S/C22H23F6N3O3/c23-15-11-13(5-6-16(15)33-14-3-1-2-4-14)29-19(32)18-17(12-22(26,27)28)34-20(30-18)31-9-7-21(24,25)8-10-31/h5-6,11,14H,1-4,7-10,12H2,(H,29,32). The molecule has 1 amide bonds. The number of piperidine rings is 1. The molecule has 1 N–H and O–H groups in total. The van der Waals surface area contributed by atoms with Crippen LogP contribution in [0, 0.1) is 5.82 Å². The average Bonchev–Trinajstić information content (AvgIpc) is 3.39. The maximum atomic E-state index is 14.4. The number of aromatic nitrogens is 1. The lowest BCUT2D eigenvalue weighted by molar-refractivity contribution is -0.130. The lowest BCUT2D eigenvalue weighted by Gasteiger charge is -2.30. The highest BCUT2D eigenvalue weighted by Crippen LogP contribution is 2.33. The van der Waals surface area contributed by atoms with Crippen molar-refractivity contribution in [2.24, 2.45) is 0 Å². The van der Waals surface area contributed by atoms with E-state index in [-0.39, 0.29) is 36.6 Å². The van der Waals surface area contributed by atoms with Gasteiger partial charge in [-0.1, -0.05) is 0 Å². The first-order chi connectivity index (χ1) is 16.0. The van der Waals surface area contributed by atoms with Crippen LogP contribution in [0.3, 0.4) is 0 Å². The minimum Gasteiger partial charge on any atom is -0.487 e. The number of ether oxygens (including phenoxy) is 1. The van der Waals surface area contributed by atoms with Crippen molar-refractivity contribution in [3.8, 4) is 5.75 Å². The largest absolute Gasteiger partial charge is 0.487 e. The lowest BCUT2D eigenvalue weighted by atomic mass is 10.1. The number of nitrogens with one attached hydrogen (secondary N) is 1. The normalized spacial score (nSPS) is 18.8. The molecule has 0 radical (unpaired) electrons. The smallest absolute Gasteiger partial charge is 0.396 e. The Morgan fingerprint density at radius 3 is 2.50 bits per heavy atom. The average molecular weight is 491 g/mol. The molecule has 2 aliphatic rings. The van der Waals surface area contributed by atoms with Crippen molar-refractivity contribution in [1.29, 1.82) is 0 Å². The Kier molecular flexibility index (Phi) is 6.68. The van der Waals surface area contributed by atoms with Crippen LogP contribution in [0.25, 0.3) is 0 Å². The second-order valence-electron chi connectivity index (χ2n) is 8.53. The molecule has 1 saturated heterocycles. The van der Waals surface area contributed by atoms with Crippen LogP contribution in [0.1, 0.15) is 54.8 Å². The third kappa shape index (κ3) is 5.95. The highest BCUT2D eigenvalue weighted by Gasteiger charge is 2.38. The summed E-state index contributed by atoms with van der Waals surface area (Å²) in [5.74, 6) is -5.38. The molecule has 1 aliphatic carbocycles. The molecule has 6 nitrogen and oxygen atoms in total. The van der Waals surface area contributed by atoms with E-state index in [1.165, 1.54) is 17.0 Å². The summed E-state index contributed by atoms with van der Waals surface area (Å²) in [6.07, 6.45) is -3.74. The molecule has 12 heteroatoms. The molecule has 1 saturated carbocycles. The molecule has 1 aromatic carbocycles. The molecule has 2 fully saturated rings. The van der Waals surface area contributed by atoms with Crippen LogP contribution in [0.4, 0.5) is 38.0 Å². The van der Waals surface area contributed by atoms with Gasteiger partial charge in [-0.2, -0.15) is 18.2 Å². The molecule has 2 heterocycles. The molecule has 186 valence electrons. The number of nitrogens with zero attached hydrogens (tertiary/aromatic N) is 2. The molecule has 0 atom stereocenters. The zero-order valence-corrected chi connectivity index (χ0v) is 18.1. The zero-order valence-electron chi connectivity index (χ0n) is 18.1. The number of carbonyl (C=O) groups excluding carboxylic acids is 1. The van der Waals surface area contributed by atoms with E-state index < -0.39 is 54.5 Å². The number of rotatable bonds is 6. The van der Waals surface area contributed by atoms with Gasteiger partial charge in [0.25, 0.3) is 17.8 Å². The van der Waals surface area contributed by atoms with Crippen molar-refractivity contribution in [3.05, 3.63) is 35.5 Å². The number of amides is 1. The Labute approximate surface area is 191 Å². The predicted molar refractivity (Wildman–Crippen MR) is 110 cm³/mol. The molecule has 0 unspecified atom stereocenters. The summed E-state index contributed by atoms with van der Waals surface area (Å²) in [4.78, 5) is 17.8. The van der Waals surface area contributed by atoms with Crippen molar-refractivity contribution in [3.63, 3.8) is 0 Å². The van der Waals surface area contributed by atoms with Crippen molar-refractivity contribution in [2.75, 3.05) is 23.3 Å². The number of carbonyl (C=O) groups is 1. The second kappa shape index (κ2) is 9.38. The maximum Gasteiger partial charge on any atom is 0.396 e. The zero-order chi connectivity index (χ0) is 24.5. The summed E-state index contributed by atoms with van der Waals surface area (Å²) in [7, 11) is 0. The van der Waals surface area contributed by atoms with Crippen LogP contribution >= 0.6 is 0 Å². The Balaban J connectivity index is 1.51. The van der Waals surface area contributed by atoms with Gasteiger partial charge in [-0.15, -0.1) is 0 Å². The fourth-order valence-corrected chi connectivity index (χ4v) is 4.03. The summed E-state index contributed by atoms with van der Waals surface area (Å²) in [6.45, 7) is -0.374. The first kappa shape index (κ1) is 24.2. The quantitative estimate of drug-likeness (QED) is 0.523. The molecule has 34 heavy (non-hydrogen) atoms. The summed E-state index contributed by atoms with van der Waals surface area (Å²) < 4.78 is 91.2. The van der Waals surface area contributed by atoms with Gasteiger partial charge >= 0.3 is 6.18 Å². The van der Waals surface area contributed by atoms with E-state index in [1.807, 2.05) is 0 Å². The Bertz CT molecular complexity index is 1020. The highest BCUT2D eigenvalue weighted by atomic mass is 19.4. The predicted octanol–water partition coefficient (Wildman–Crippen LogP) is 5.73. The van der Waals surface area contributed by atoms with Crippen molar-refractivity contribution in [1.82, 2.24) is 4.98 Å². The number of benzene rings is 1.